The predicted octanol–water partition coefficient (Wildman–Crippen LogP) is 3.33. The standard InChI is InChI=1S/C22H26N2O5S/c1-16-5-4-12-24(14-16)30(27,28)21-10-8-19(9-11-21)23-22(26)15-29-20-7-3-6-18(13-20)17(2)25/h3,6-11,13,16H,4-5,12,14-15H2,1-2H3,(H,23,26). The van der Waals surface area contributed by atoms with E-state index >= 15 is 0 Å². The number of hydrogen-bond acceptors (Lipinski definition) is 5. The van der Waals surface area contributed by atoms with Gasteiger partial charge < -0.3 is 10.1 Å². The van der Waals surface area contributed by atoms with Crippen molar-refractivity contribution in [3.05, 3.63) is 54.1 Å². The van der Waals surface area contributed by atoms with Crippen LogP contribution < -0.4 is 10.1 Å². The van der Waals surface area contributed by atoms with Crippen LogP contribution in [0.2, 0.25) is 0 Å². The van der Waals surface area contributed by atoms with Gasteiger partial charge in [-0.25, -0.2) is 8.42 Å². The topological polar surface area (TPSA) is 92.8 Å². The quantitative estimate of drug-likeness (QED) is 0.680. The smallest absolute Gasteiger partial charge is 0.262 e. The molecule has 1 atom stereocenters. The summed E-state index contributed by atoms with van der Waals surface area (Å²) in [7, 11) is -3.53. The second kappa shape index (κ2) is 9.40. The number of rotatable bonds is 7. The van der Waals surface area contributed by atoms with Crippen LogP contribution >= 0.6 is 0 Å². The fourth-order valence-electron chi connectivity index (χ4n) is 3.37. The number of carbonyl (C=O) groups is 2. The Morgan fingerprint density at radius 3 is 2.57 bits per heavy atom. The van der Waals surface area contributed by atoms with Crippen molar-refractivity contribution >= 4 is 27.4 Å². The molecule has 2 aromatic carbocycles. The minimum atomic E-state index is -3.53. The van der Waals surface area contributed by atoms with Gasteiger partial charge in [-0.15, -0.1) is 0 Å². The number of nitrogens with zero attached hydrogens (tertiary/aromatic N) is 1. The molecule has 1 unspecified atom stereocenters. The number of ether oxygens (including phenoxy) is 1. The molecule has 2 aromatic rings. The number of hydrogen-bond donors (Lipinski definition) is 1. The summed E-state index contributed by atoms with van der Waals surface area (Å²) < 4.78 is 32.5. The van der Waals surface area contributed by atoms with E-state index in [-0.39, 0.29) is 23.2 Å². The summed E-state index contributed by atoms with van der Waals surface area (Å²) in [6, 6.07) is 12.7. The number of piperidine rings is 1. The van der Waals surface area contributed by atoms with E-state index in [1.54, 1.807) is 36.4 Å². The molecule has 0 saturated carbocycles. The van der Waals surface area contributed by atoms with Gasteiger partial charge in [0.25, 0.3) is 5.91 Å². The van der Waals surface area contributed by atoms with Crippen molar-refractivity contribution in [2.75, 3.05) is 25.0 Å². The molecule has 7 nitrogen and oxygen atoms in total. The second-order valence-corrected chi connectivity index (χ2v) is 9.49. The third-order valence-electron chi connectivity index (χ3n) is 5.01. The molecule has 1 aliphatic rings. The molecule has 0 aromatic heterocycles. The van der Waals surface area contributed by atoms with E-state index in [9.17, 15) is 18.0 Å². The van der Waals surface area contributed by atoms with Gasteiger partial charge in [0.1, 0.15) is 5.75 Å². The minimum absolute atomic E-state index is 0.0843. The Bertz CT molecular complexity index is 1020. The third kappa shape index (κ3) is 5.46. The van der Waals surface area contributed by atoms with Crippen LogP contribution in [0.15, 0.2) is 53.4 Å². The van der Waals surface area contributed by atoms with Gasteiger partial charge in [-0.3, -0.25) is 9.59 Å². The number of anilines is 1. The number of amides is 1. The van der Waals surface area contributed by atoms with Gasteiger partial charge >= 0.3 is 0 Å². The first-order valence-corrected chi connectivity index (χ1v) is 11.3. The van der Waals surface area contributed by atoms with Gasteiger partial charge in [0.2, 0.25) is 10.0 Å². The molecule has 1 fully saturated rings. The highest BCUT2D eigenvalue weighted by Crippen LogP contribution is 2.24. The number of ketones is 1. The maximum atomic E-state index is 12.8. The lowest BCUT2D eigenvalue weighted by molar-refractivity contribution is -0.118. The Morgan fingerprint density at radius 2 is 1.90 bits per heavy atom. The van der Waals surface area contributed by atoms with E-state index in [1.807, 2.05) is 0 Å². The van der Waals surface area contributed by atoms with Crippen molar-refractivity contribution in [3.8, 4) is 5.75 Å². The number of nitrogens with one attached hydrogen (secondary N) is 1. The lowest BCUT2D eigenvalue weighted by atomic mass is 10.0. The van der Waals surface area contributed by atoms with E-state index in [1.165, 1.54) is 23.4 Å². The number of Topliss-reactive ketones (excluding diaryl/α,β-unsaturated/α-hetero) is 1. The van der Waals surface area contributed by atoms with Gasteiger partial charge in [-0.1, -0.05) is 19.1 Å². The largest absolute Gasteiger partial charge is 0.484 e. The fraction of sp³-hybridized carbons (Fsp3) is 0.364. The van der Waals surface area contributed by atoms with Crippen LogP contribution in [-0.4, -0.2) is 44.1 Å². The summed E-state index contributed by atoms with van der Waals surface area (Å²) in [5.74, 6) is 0.306. The molecule has 8 heteroatoms. The molecule has 0 bridgehead atoms. The average Bonchev–Trinajstić information content (AvgIpc) is 2.73. The monoisotopic (exact) mass is 430 g/mol. The van der Waals surface area contributed by atoms with Crippen molar-refractivity contribution < 1.29 is 22.7 Å². The molecule has 160 valence electrons. The Balaban J connectivity index is 1.58. The zero-order chi connectivity index (χ0) is 21.7. The summed E-state index contributed by atoms with van der Waals surface area (Å²) in [4.78, 5) is 23.8. The summed E-state index contributed by atoms with van der Waals surface area (Å²) >= 11 is 0. The molecule has 1 heterocycles. The number of carbonyl (C=O) groups excluding carboxylic acids is 2. The molecule has 30 heavy (non-hydrogen) atoms. The van der Waals surface area contributed by atoms with E-state index in [4.69, 9.17) is 4.74 Å². The Morgan fingerprint density at radius 1 is 1.17 bits per heavy atom. The summed E-state index contributed by atoms with van der Waals surface area (Å²) in [5, 5.41) is 2.68. The first-order valence-electron chi connectivity index (χ1n) is 9.89. The fourth-order valence-corrected chi connectivity index (χ4v) is 4.97. The van der Waals surface area contributed by atoms with Crippen molar-refractivity contribution in [3.63, 3.8) is 0 Å². The molecule has 1 N–H and O–H groups in total. The molecular formula is C22H26N2O5S. The van der Waals surface area contributed by atoms with Crippen LogP contribution in [0.3, 0.4) is 0 Å². The third-order valence-corrected chi connectivity index (χ3v) is 6.89. The molecule has 1 saturated heterocycles. The molecule has 0 radical (unpaired) electrons. The van der Waals surface area contributed by atoms with E-state index < -0.39 is 10.0 Å². The van der Waals surface area contributed by atoms with Crippen LogP contribution in [-0.2, 0) is 14.8 Å². The van der Waals surface area contributed by atoms with Gasteiger partial charge in [0, 0.05) is 24.3 Å². The van der Waals surface area contributed by atoms with Crippen molar-refractivity contribution in [1.29, 1.82) is 0 Å². The van der Waals surface area contributed by atoms with Crippen molar-refractivity contribution in [2.45, 2.75) is 31.6 Å². The van der Waals surface area contributed by atoms with Crippen molar-refractivity contribution in [2.24, 2.45) is 5.92 Å². The second-order valence-electron chi connectivity index (χ2n) is 7.56. The summed E-state index contributed by atoms with van der Waals surface area (Å²) in [5.41, 5.74) is 0.986. The highest BCUT2D eigenvalue weighted by Gasteiger charge is 2.28. The van der Waals surface area contributed by atoms with Crippen LogP contribution in [0, 0.1) is 5.92 Å². The lowest BCUT2D eigenvalue weighted by Gasteiger charge is -2.30. The first-order chi connectivity index (χ1) is 14.3. The van der Waals surface area contributed by atoms with Crippen molar-refractivity contribution in [1.82, 2.24) is 4.31 Å². The van der Waals surface area contributed by atoms with Gasteiger partial charge in [-0.05, 0) is 62.1 Å². The zero-order valence-electron chi connectivity index (χ0n) is 17.1. The molecule has 3 rings (SSSR count). The SMILES string of the molecule is CC(=O)c1cccc(OCC(=O)Nc2ccc(S(=O)(=O)N3CCCC(C)C3)cc2)c1. The highest BCUT2D eigenvalue weighted by atomic mass is 32.2. The first kappa shape index (κ1) is 22.0. The van der Waals surface area contributed by atoms with Crippen LogP contribution in [0.1, 0.15) is 37.0 Å². The maximum absolute atomic E-state index is 12.8. The Labute approximate surface area is 177 Å². The lowest BCUT2D eigenvalue weighted by Crippen LogP contribution is -2.39. The normalized spacial score (nSPS) is 17.3. The number of benzene rings is 2. The zero-order valence-corrected chi connectivity index (χ0v) is 17.9. The maximum Gasteiger partial charge on any atom is 0.262 e. The van der Waals surface area contributed by atoms with Gasteiger partial charge in [0.15, 0.2) is 12.4 Å². The Hall–Kier alpha value is -2.71. The number of sulfonamides is 1. The molecule has 0 aliphatic carbocycles. The average molecular weight is 431 g/mol. The summed E-state index contributed by atoms with van der Waals surface area (Å²) in [6.45, 7) is 4.35. The highest BCUT2D eigenvalue weighted by molar-refractivity contribution is 7.89. The van der Waals surface area contributed by atoms with Gasteiger partial charge in [0.05, 0.1) is 4.90 Å². The minimum Gasteiger partial charge on any atom is -0.484 e. The Kier molecular flexibility index (Phi) is 6.89. The van der Waals surface area contributed by atoms with Crippen LogP contribution in [0.4, 0.5) is 5.69 Å². The van der Waals surface area contributed by atoms with E-state index in [0.29, 0.717) is 36.0 Å². The predicted molar refractivity (Wildman–Crippen MR) is 114 cm³/mol. The summed E-state index contributed by atoms with van der Waals surface area (Å²) in [6.07, 6.45) is 1.90. The molecule has 0 spiro atoms. The van der Waals surface area contributed by atoms with Crippen LogP contribution in [0.25, 0.3) is 0 Å². The van der Waals surface area contributed by atoms with Gasteiger partial charge in [-0.2, -0.15) is 4.31 Å². The molecule has 1 amide bonds. The molecule has 1 aliphatic heterocycles. The van der Waals surface area contributed by atoms with Crippen LogP contribution in [0.5, 0.6) is 5.75 Å². The van der Waals surface area contributed by atoms with E-state index in [0.717, 1.165) is 12.8 Å². The molecular weight excluding hydrogens is 404 g/mol. The van der Waals surface area contributed by atoms with E-state index in [2.05, 4.69) is 12.2 Å².